The molecule has 4 aromatic rings. The van der Waals surface area contributed by atoms with Gasteiger partial charge >= 0.3 is 0 Å². The van der Waals surface area contributed by atoms with Crippen molar-refractivity contribution >= 4 is 22.8 Å². The highest BCUT2D eigenvalue weighted by atomic mass is 16.5. The fraction of sp³-hybridized carbons (Fsp3) is 0.0769. The van der Waals surface area contributed by atoms with Crippen LogP contribution in [-0.4, -0.2) is 17.9 Å². The van der Waals surface area contributed by atoms with Crippen molar-refractivity contribution in [3.63, 3.8) is 0 Å². The quantitative estimate of drug-likeness (QED) is 0.310. The highest BCUT2D eigenvalue weighted by molar-refractivity contribution is 6.16. The smallest absolute Gasteiger partial charge is 0.188 e. The predicted octanol–water partition coefficient (Wildman–Crippen LogP) is 6.11. The second kappa shape index (κ2) is 8.11. The topological polar surface area (TPSA) is 39.2 Å². The van der Waals surface area contributed by atoms with Crippen molar-refractivity contribution in [2.24, 2.45) is 0 Å². The van der Waals surface area contributed by atoms with E-state index in [2.05, 4.69) is 4.98 Å². The van der Waals surface area contributed by atoms with E-state index in [4.69, 9.17) is 4.74 Å². The molecule has 142 valence electrons. The number of allylic oxidation sites excluding steroid dienone is 1. The number of pyridine rings is 1. The van der Waals surface area contributed by atoms with E-state index in [1.807, 2.05) is 91.9 Å². The van der Waals surface area contributed by atoms with Gasteiger partial charge in [-0.15, -0.1) is 0 Å². The predicted molar refractivity (Wildman–Crippen MR) is 118 cm³/mol. The highest BCUT2D eigenvalue weighted by Gasteiger charge is 2.18. The number of methoxy groups -OCH3 is 1. The summed E-state index contributed by atoms with van der Waals surface area (Å²) in [7, 11) is 1.63. The van der Waals surface area contributed by atoms with Crippen LogP contribution in [0.4, 0.5) is 0 Å². The van der Waals surface area contributed by atoms with E-state index in [0.717, 1.165) is 39.0 Å². The van der Waals surface area contributed by atoms with Crippen molar-refractivity contribution in [3.05, 3.63) is 102 Å². The lowest BCUT2D eigenvalue weighted by Gasteiger charge is -2.14. The summed E-state index contributed by atoms with van der Waals surface area (Å²) in [6.07, 6.45) is 3.44. The summed E-state index contributed by atoms with van der Waals surface area (Å²) in [6, 6.07) is 25.6. The van der Waals surface area contributed by atoms with Gasteiger partial charge in [0.25, 0.3) is 0 Å². The van der Waals surface area contributed by atoms with E-state index in [-0.39, 0.29) is 5.78 Å². The maximum Gasteiger partial charge on any atom is 0.188 e. The second-order valence-corrected chi connectivity index (χ2v) is 6.80. The summed E-state index contributed by atoms with van der Waals surface area (Å²) in [6.45, 7) is 1.90. The Morgan fingerprint density at radius 1 is 0.897 bits per heavy atom. The van der Waals surface area contributed by atoms with Crippen LogP contribution in [0.2, 0.25) is 0 Å². The van der Waals surface area contributed by atoms with Crippen molar-refractivity contribution in [2.75, 3.05) is 7.11 Å². The number of ketones is 1. The minimum Gasteiger partial charge on any atom is -0.497 e. The monoisotopic (exact) mass is 379 g/mol. The van der Waals surface area contributed by atoms with Crippen molar-refractivity contribution in [1.82, 2.24) is 4.98 Å². The van der Waals surface area contributed by atoms with Crippen LogP contribution < -0.4 is 4.74 Å². The number of para-hydroxylation sites is 1. The number of aromatic nitrogens is 1. The number of hydrogen-bond donors (Lipinski definition) is 0. The first-order valence-electron chi connectivity index (χ1n) is 9.48. The van der Waals surface area contributed by atoms with Gasteiger partial charge in [-0.3, -0.25) is 9.78 Å². The number of carbonyl (C=O) groups excluding carboxylic acids is 1. The molecule has 0 radical (unpaired) electrons. The van der Waals surface area contributed by atoms with Crippen LogP contribution in [0.3, 0.4) is 0 Å². The Kier molecular flexibility index (Phi) is 5.21. The van der Waals surface area contributed by atoms with E-state index in [0.29, 0.717) is 5.56 Å². The Morgan fingerprint density at radius 2 is 1.59 bits per heavy atom. The number of nitrogens with zero attached hydrogens (tertiary/aromatic N) is 1. The standard InChI is InChI=1S/C26H21NO2/c1-18-25(24(28)17-14-19-12-15-21(29-2)16-13-19)26(20-8-4-3-5-9-20)22-10-6-7-11-23(22)27-18/h3-17H,1-2H3/b17-14-. The third kappa shape index (κ3) is 3.81. The molecule has 0 unspecified atom stereocenters. The molecule has 0 aliphatic rings. The summed E-state index contributed by atoms with van der Waals surface area (Å²) >= 11 is 0. The minimum atomic E-state index is -0.0598. The van der Waals surface area contributed by atoms with E-state index in [9.17, 15) is 4.79 Å². The van der Waals surface area contributed by atoms with Gasteiger partial charge in [0.1, 0.15) is 5.75 Å². The molecule has 4 rings (SSSR count). The first-order valence-corrected chi connectivity index (χ1v) is 9.48. The highest BCUT2D eigenvalue weighted by Crippen LogP contribution is 2.33. The van der Waals surface area contributed by atoms with Crippen LogP contribution in [0.25, 0.3) is 28.1 Å². The molecule has 0 spiro atoms. The molecule has 1 heterocycles. The van der Waals surface area contributed by atoms with Gasteiger partial charge in [-0.25, -0.2) is 0 Å². The van der Waals surface area contributed by atoms with E-state index < -0.39 is 0 Å². The van der Waals surface area contributed by atoms with Gasteiger partial charge in [0.15, 0.2) is 5.78 Å². The molecule has 0 atom stereocenters. The lowest BCUT2D eigenvalue weighted by atomic mass is 9.92. The SMILES string of the molecule is COc1ccc(/C=C\C(=O)c2c(C)nc3ccccc3c2-c2ccccc2)cc1. The molecule has 0 saturated heterocycles. The number of hydrogen-bond acceptors (Lipinski definition) is 3. The maximum atomic E-state index is 13.2. The first-order chi connectivity index (χ1) is 14.2. The van der Waals surface area contributed by atoms with Gasteiger partial charge in [-0.1, -0.05) is 66.7 Å². The summed E-state index contributed by atoms with van der Waals surface area (Å²) in [5.74, 6) is 0.727. The zero-order valence-electron chi connectivity index (χ0n) is 16.4. The number of rotatable bonds is 5. The summed E-state index contributed by atoms with van der Waals surface area (Å²) in [5, 5.41) is 0.977. The molecule has 0 bridgehead atoms. The summed E-state index contributed by atoms with van der Waals surface area (Å²) in [4.78, 5) is 17.9. The lowest BCUT2D eigenvalue weighted by Crippen LogP contribution is -2.05. The number of fused-ring (bicyclic) bond motifs is 1. The maximum absolute atomic E-state index is 13.2. The van der Waals surface area contributed by atoms with Crippen LogP contribution in [0.5, 0.6) is 5.75 Å². The molecule has 3 heteroatoms. The number of ether oxygens (including phenoxy) is 1. The molecular weight excluding hydrogens is 358 g/mol. The zero-order chi connectivity index (χ0) is 20.2. The molecule has 3 aromatic carbocycles. The third-order valence-electron chi connectivity index (χ3n) is 4.93. The average molecular weight is 379 g/mol. The molecule has 0 N–H and O–H groups in total. The molecular formula is C26H21NO2. The minimum absolute atomic E-state index is 0.0598. The zero-order valence-corrected chi connectivity index (χ0v) is 16.4. The van der Waals surface area contributed by atoms with Crippen molar-refractivity contribution < 1.29 is 9.53 Å². The summed E-state index contributed by atoms with van der Waals surface area (Å²) < 4.78 is 5.19. The Hall–Kier alpha value is -3.72. The van der Waals surface area contributed by atoms with Crippen LogP contribution >= 0.6 is 0 Å². The van der Waals surface area contributed by atoms with Crippen molar-refractivity contribution in [3.8, 4) is 16.9 Å². The van der Waals surface area contributed by atoms with Gasteiger partial charge in [0, 0.05) is 16.6 Å². The molecule has 1 aromatic heterocycles. The van der Waals surface area contributed by atoms with Gasteiger partial charge in [-0.2, -0.15) is 0 Å². The van der Waals surface area contributed by atoms with Gasteiger partial charge in [-0.05, 0) is 42.3 Å². The normalized spacial score (nSPS) is 11.1. The fourth-order valence-corrected chi connectivity index (χ4v) is 3.51. The van der Waals surface area contributed by atoms with Crippen LogP contribution in [0.15, 0.2) is 84.9 Å². The molecule has 29 heavy (non-hydrogen) atoms. The number of carbonyl (C=O) groups is 1. The number of aryl methyl sites for hydroxylation is 1. The summed E-state index contributed by atoms with van der Waals surface area (Å²) in [5.41, 5.74) is 5.13. The first kappa shape index (κ1) is 18.6. The Balaban J connectivity index is 1.83. The van der Waals surface area contributed by atoms with Gasteiger partial charge in [0.05, 0.1) is 18.2 Å². The molecule has 0 aliphatic heterocycles. The van der Waals surface area contributed by atoms with Crippen molar-refractivity contribution in [2.45, 2.75) is 6.92 Å². The van der Waals surface area contributed by atoms with Crippen LogP contribution in [-0.2, 0) is 0 Å². The molecule has 0 amide bonds. The Labute approximate surface area is 170 Å². The average Bonchev–Trinajstić information content (AvgIpc) is 2.77. The largest absolute Gasteiger partial charge is 0.497 e. The van der Waals surface area contributed by atoms with E-state index in [1.54, 1.807) is 13.2 Å². The van der Waals surface area contributed by atoms with Gasteiger partial charge < -0.3 is 4.74 Å². The lowest BCUT2D eigenvalue weighted by molar-refractivity contribution is 0.104. The van der Waals surface area contributed by atoms with E-state index >= 15 is 0 Å². The van der Waals surface area contributed by atoms with Crippen molar-refractivity contribution in [1.29, 1.82) is 0 Å². The third-order valence-corrected chi connectivity index (χ3v) is 4.93. The molecule has 0 aliphatic carbocycles. The Bertz CT molecular complexity index is 1190. The number of benzene rings is 3. The van der Waals surface area contributed by atoms with Crippen LogP contribution in [0.1, 0.15) is 21.6 Å². The molecule has 0 fully saturated rings. The fourth-order valence-electron chi connectivity index (χ4n) is 3.51. The van der Waals surface area contributed by atoms with E-state index in [1.165, 1.54) is 0 Å². The second-order valence-electron chi connectivity index (χ2n) is 6.80. The molecule has 3 nitrogen and oxygen atoms in total. The Morgan fingerprint density at radius 3 is 2.31 bits per heavy atom. The van der Waals surface area contributed by atoms with Gasteiger partial charge in [0.2, 0.25) is 0 Å². The van der Waals surface area contributed by atoms with Crippen LogP contribution in [0, 0.1) is 6.92 Å². The molecule has 0 saturated carbocycles.